The molecular formula is C16H26N2O4S. The number of methoxy groups -OCH3 is 2. The average Bonchev–Trinajstić information content (AvgIpc) is 2.53. The number of benzene rings is 1. The molecule has 23 heavy (non-hydrogen) atoms. The zero-order chi connectivity index (χ0) is 17.1. The molecule has 0 saturated heterocycles. The molecule has 0 radical (unpaired) electrons. The number of ether oxygens (including phenoxy) is 2. The van der Waals surface area contributed by atoms with Crippen molar-refractivity contribution in [1.29, 1.82) is 0 Å². The van der Waals surface area contributed by atoms with Gasteiger partial charge < -0.3 is 15.2 Å². The monoisotopic (exact) mass is 342 g/mol. The first-order chi connectivity index (χ1) is 10.8. The molecule has 1 aliphatic carbocycles. The van der Waals surface area contributed by atoms with E-state index >= 15 is 0 Å². The molecule has 0 heterocycles. The van der Waals surface area contributed by atoms with Gasteiger partial charge in [-0.15, -0.1) is 0 Å². The van der Waals surface area contributed by atoms with E-state index in [-0.39, 0.29) is 11.4 Å². The van der Waals surface area contributed by atoms with E-state index < -0.39 is 15.6 Å². The first-order valence-corrected chi connectivity index (χ1v) is 9.31. The molecule has 1 aliphatic rings. The van der Waals surface area contributed by atoms with Crippen LogP contribution in [-0.2, 0) is 10.0 Å². The molecule has 0 aromatic heterocycles. The molecule has 6 nitrogen and oxygen atoms in total. The van der Waals surface area contributed by atoms with Crippen molar-refractivity contribution in [1.82, 2.24) is 4.72 Å². The topological polar surface area (TPSA) is 90.7 Å². The largest absolute Gasteiger partial charge is 0.493 e. The lowest BCUT2D eigenvalue weighted by atomic mass is 9.83. The number of hydrogen-bond acceptors (Lipinski definition) is 5. The molecule has 0 aliphatic heterocycles. The fourth-order valence-electron chi connectivity index (χ4n) is 3.00. The number of nitrogens with two attached hydrogens (primary N) is 1. The van der Waals surface area contributed by atoms with Crippen LogP contribution in [0.1, 0.15) is 37.7 Å². The molecule has 1 saturated carbocycles. The van der Waals surface area contributed by atoms with Crippen LogP contribution in [0.3, 0.4) is 0 Å². The van der Waals surface area contributed by atoms with E-state index in [1.165, 1.54) is 26.7 Å². The summed E-state index contributed by atoms with van der Waals surface area (Å²) in [6.45, 7) is 1.98. The van der Waals surface area contributed by atoms with Crippen LogP contribution in [0.2, 0.25) is 0 Å². The number of nitrogens with one attached hydrogen (secondary N) is 1. The molecule has 1 fully saturated rings. The van der Waals surface area contributed by atoms with E-state index in [1.54, 1.807) is 13.0 Å². The standard InChI is InChI=1S/C16H26N2O4S/c1-12-9-13(21-2)14(22-3)10-15(12)23(19,20)18-11-16(17)7-5-4-6-8-16/h9-10,18H,4-8,11,17H2,1-3H3. The van der Waals surface area contributed by atoms with Crippen LogP contribution in [0.4, 0.5) is 0 Å². The summed E-state index contributed by atoms with van der Waals surface area (Å²) in [5.74, 6) is 0.894. The molecule has 2 rings (SSSR count). The molecule has 0 unspecified atom stereocenters. The minimum absolute atomic E-state index is 0.189. The van der Waals surface area contributed by atoms with Crippen molar-refractivity contribution >= 4 is 10.0 Å². The molecule has 130 valence electrons. The van der Waals surface area contributed by atoms with Crippen molar-refractivity contribution in [2.75, 3.05) is 20.8 Å². The van der Waals surface area contributed by atoms with Gasteiger partial charge in [0.25, 0.3) is 0 Å². The Morgan fingerprint density at radius 1 is 1.13 bits per heavy atom. The summed E-state index contributed by atoms with van der Waals surface area (Å²) < 4.78 is 38.3. The third-order valence-corrected chi connectivity index (χ3v) is 5.98. The summed E-state index contributed by atoms with van der Waals surface area (Å²) in [5.41, 5.74) is 6.47. The fourth-order valence-corrected chi connectivity index (χ4v) is 4.38. The molecule has 0 spiro atoms. The molecule has 0 amide bonds. The van der Waals surface area contributed by atoms with Gasteiger partial charge in [0.1, 0.15) is 0 Å². The maximum absolute atomic E-state index is 12.6. The maximum atomic E-state index is 12.6. The molecule has 7 heteroatoms. The van der Waals surface area contributed by atoms with Gasteiger partial charge >= 0.3 is 0 Å². The van der Waals surface area contributed by atoms with Gasteiger partial charge in [-0.3, -0.25) is 0 Å². The van der Waals surface area contributed by atoms with Gasteiger partial charge in [0.15, 0.2) is 11.5 Å². The Morgan fingerprint density at radius 2 is 1.70 bits per heavy atom. The van der Waals surface area contributed by atoms with Crippen molar-refractivity contribution in [2.45, 2.75) is 49.5 Å². The van der Waals surface area contributed by atoms with Crippen molar-refractivity contribution < 1.29 is 17.9 Å². The van der Waals surface area contributed by atoms with Crippen molar-refractivity contribution in [2.24, 2.45) is 5.73 Å². The summed E-state index contributed by atoms with van der Waals surface area (Å²) in [6.07, 6.45) is 4.96. The molecule has 1 aromatic rings. The average molecular weight is 342 g/mol. The van der Waals surface area contributed by atoms with Crippen LogP contribution in [0.25, 0.3) is 0 Å². The highest BCUT2D eigenvalue weighted by molar-refractivity contribution is 7.89. The predicted octanol–water partition coefficient (Wildman–Crippen LogP) is 1.95. The molecular weight excluding hydrogens is 316 g/mol. The van der Waals surface area contributed by atoms with Crippen molar-refractivity contribution in [3.63, 3.8) is 0 Å². The molecule has 3 N–H and O–H groups in total. The summed E-state index contributed by atoms with van der Waals surface area (Å²) in [5, 5.41) is 0. The van der Waals surface area contributed by atoms with E-state index in [2.05, 4.69) is 4.72 Å². The lowest BCUT2D eigenvalue weighted by Gasteiger charge is -2.33. The summed E-state index contributed by atoms with van der Waals surface area (Å²) >= 11 is 0. The van der Waals surface area contributed by atoms with Crippen LogP contribution < -0.4 is 19.9 Å². The van der Waals surface area contributed by atoms with Gasteiger partial charge in [0.05, 0.1) is 19.1 Å². The van der Waals surface area contributed by atoms with Gasteiger partial charge in [-0.2, -0.15) is 0 Å². The Labute approximate surface area is 138 Å². The lowest BCUT2D eigenvalue weighted by Crippen LogP contribution is -2.51. The Morgan fingerprint density at radius 3 is 2.26 bits per heavy atom. The minimum atomic E-state index is -3.65. The third-order valence-electron chi connectivity index (χ3n) is 4.43. The van der Waals surface area contributed by atoms with E-state index in [0.717, 1.165) is 25.7 Å². The van der Waals surface area contributed by atoms with E-state index in [0.29, 0.717) is 17.1 Å². The number of rotatable bonds is 6. The smallest absolute Gasteiger partial charge is 0.241 e. The lowest BCUT2D eigenvalue weighted by molar-refractivity contribution is 0.296. The Balaban J connectivity index is 2.22. The van der Waals surface area contributed by atoms with Crippen LogP contribution >= 0.6 is 0 Å². The van der Waals surface area contributed by atoms with Gasteiger partial charge in [0, 0.05) is 18.2 Å². The summed E-state index contributed by atoms with van der Waals surface area (Å²) in [6, 6.07) is 3.15. The van der Waals surface area contributed by atoms with E-state index in [9.17, 15) is 8.42 Å². The van der Waals surface area contributed by atoms with Crippen molar-refractivity contribution in [3.8, 4) is 11.5 Å². The second-order valence-corrected chi connectivity index (χ2v) is 7.96. The maximum Gasteiger partial charge on any atom is 0.241 e. The number of hydrogen-bond donors (Lipinski definition) is 2. The fraction of sp³-hybridized carbons (Fsp3) is 0.625. The van der Waals surface area contributed by atoms with Crippen LogP contribution in [0.15, 0.2) is 17.0 Å². The third kappa shape index (κ3) is 4.16. The number of sulfonamides is 1. The van der Waals surface area contributed by atoms with Crippen LogP contribution in [0.5, 0.6) is 11.5 Å². The van der Waals surface area contributed by atoms with Gasteiger partial charge in [-0.1, -0.05) is 19.3 Å². The Hall–Kier alpha value is -1.31. The predicted molar refractivity (Wildman–Crippen MR) is 89.5 cm³/mol. The Bertz CT molecular complexity index is 652. The van der Waals surface area contributed by atoms with E-state index in [4.69, 9.17) is 15.2 Å². The molecule has 1 aromatic carbocycles. The minimum Gasteiger partial charge on any atom is -0.493 e. The zero-order valence-corrected chi connectivity index (χ0v) is 14.8. The normalized spacial score (nSPS) is 17.7. The molecule has 0 bridgehead atoms. The molecule has 0 atom stereocenters. The van der Waals surface area contributed by atoms with E-state index in [1.807, 2.05) is 0 Å². The van der Waals surface area contributed by atoms with Crippen LogP contribution in [-0.4, -0.2) is 34.7 Å². The summed E-state index contributed by atoms with van der Waals surface area (Å²) in [4.78, 5) is 0.189. The van der Waals surface area contributed by atoms with Crippen molar-refractivity contribution in [3.05, 3.63) is 17.7 Å². The first kappa shape index (κ1) is 18.0. The Kier molecular flexibility index (Phi) is 5.54. The SMILES string of the molecule is COc1cc(C)c(S(=O)(=O)NCC2(N)CCCCC2)cc1OC. The zero-order valence-electron chi connectivity index (χ0n) is 14.0. The highest BCUT2D eigenvalue weighted by Crippen LogP contribution is 2.32. The summed E-state index contributed by atoms with van der Waals surface area (Å²) in [7, 11) is -0.653. The first-order valence-electron chi connectivity index (χ1n) is 7.82. The number of aryl methyl sites for hydroxylation is 1. The van der Waals surface area contributed by atoms with Gasteiger partial charge in [0.2, 0.25) is 10.0 Å². The second-order valence-electron chi connectivity index (χ2n) is 6.22. The highest BCUT2D eigenvalue weighted by Gasteiger charge is 2.30. The van der Waals surface area contributed by atoms with Gasteiger partial charge in [-0.05, 0) is 31.4 Å². The van der Waals surface area contributed by atoms with Crippen LogP contribution in [0, 0.1) is 6.92 Å². The second kappa shape index (κ2) is 7.07. The highest BCUT2D eigenvalue weighted by atomic mass is 32.2. The quantitative estimate of drug-likeness (QED) is 0.824. The van der Waals surface area contributed by atoms with Gasteiger partial charge in [-0.25, -0.2) is 13.1 Å².